The van der Waals surface area contributed by atoms with E-state index in [1.54, 1.807) is 6.07 Å². The predicted octanol–water partition coefficient (Wildman–Crippen LogP) is 4.04. The van der Waals surface area contributed by atoms with Crippen molar-refractivity contribution in [1.82, 2.24) is 9.97 Å². The average molecular weight is 388 g/mol. The number of esters is 1. The van der Waals surface area contributed by atoms with Crippen LogP contribution >= 0.6 is 22.9 Å². The molecule has 0 aliphatic carbocycles. The molecular weight excluding hydrogens is 374 g/mol. The number of rotatable bonds is 5. The van der Waals surface area contributed by atoms with Crippen molar-refractivity contribution in [3.8, 4) is 11.3 Å². The highest BCUT2D eigenvalue weighted by atomic mass is 35.5. The zero-order chi connectivity index (χ0) is 18.5. The zero-order valence-electron chi connectivity index (χ0n) is 13.7. The SMILES string of the molecule is C[C@@H](OC(=O)c1cccnc1Cl)C(=O)Nc1nc(-c2ccccc2)cs1. The van der Waals surface area contributed by atoms with Gasteiger partial charge in [-0.25, -0.2) is 14.8 Å². The summed E-state index contributed by atoms with van der Waals surface area (Å²) in [6.45, 7) is 1.48. The van der Waals surface area contributed by atoms with Crippen LogP contribution in [-0.2, 0) is 9.53 Å². The van der Waals surface area contributed by atoms with E-state index >= 15 is 0 Å². The Hall–Kier alpha value is -2.77. The minimum atomic E-state index is -1.01. The number of pyridine rings is 1. The summed E-state index contributed by atoms with van der Waals surface area (Å²) in [6.07, 6.45) is 0.449. The number of benzene rings is 1. The van der Waals surface area contributed by atoms with Gasteiger partial charge in [0.1, 0.15) is 5.15 Å². The highest BCUT2D eigenvalue weighted by Gasteiger charge is 2.21. The van der Waals surface area contributed by atoms with E-state index in [-0.39, 0.29) is 10.7 Å². The molecule has 26 heavy (non-hydrogen) atoms. The fourth-order valence-corrected chi connectivity index (χ4v) is 3.01. The molecule has 1 N–H and O–H groups in total. The normalized spacial score (nSPS) is 11.6. The molecule has 0 aliphatic heterocycles. The van der Waals surface area contributed by atoms with Crippen LogP contribution in [0.1, 0.15) is 17.3 Å². The van der Waals surface area contributed by atoms with Gasteiger partial charge < -0.3 is 4.74 Å². The van der Waals surface area contributed by atoms with Crippen LogP contribution in [0.2, 0.25) is 5.15 Å². The second-order valence-electron chi connectivity index (χ2n) is 5.28. The number of carbonyl (C=O) groups excluding carboxylic acids is 2. The third-order valence-corrected chi connectivity index (χ3v) is 4.49. The van der Waals surface area contributed by atoms with E-state index in [9.17, 15) is 9.59 Å². The molecule has 0 unspecified atom stereocenters. The van der Waals surface area contributed by atoms with Crippen LogP contribution in [0, 0.1) is 0 Å². The van der Waals surface area contributed by atoms with Crippen LogP contribution in [0.4, 0.5) is 5.13 Å². The minimum absolute atomic E-state index is 0.0255. The lowest BCUT2D eigenvalue weighted by molar-refractivity contribution is -0.123. The molecule has 0 aliphatic rings. The summed E-state index contributed by atoms with van der Waals surface area (Å²) >= 11 is 7.15. The van der Waals surface area contributed by atoms with Crippen molar-refractivity contribution in [3.63, 3.8) is 0 Å². The van der Waals surface area contributed by atoms with Crippen molar-refractivity contribution >= 4 is 39.9 Å². The summed E-state index contributed by atoms with van der Waals surface area (Å²) in [5.41, 5.74) is 1.82. The number of thiazole rings is 1. The maximum Gasteiger partial charge on any atom is 0.342 e. The summed E-state index contributed by atoms with van der Waals surface area (Å²) < 4.78 is 5.14. The smallest absolute Gasteiger partial charge is 0.342 e. The van der Waals surface area contributed by atoms with Crippen LogP contribution in [0.5, 0.6) is 0 Å². The van der Waals surface area contributed by atoms with E-state index < -0.39 is 18.0 Å². The molecule has 0 saturated carbocycles. The number of carbonyl (C=O) groups is 2. The Morgan fingerprint density at radius 2 is 1.96 bits per heavy atom. The van der Waals surface area contributed by atoms with Gasteiger partial charge in [0.05, 0.1) is 11.3 Å². The van der Waals surface area contributed by atoms with Crippen molar-refractivity contribution in [2.45, 2.75) is 13.0 Å². The molecule has 0 spiro atoms. The molecule has 0 saturated heterocycles. The summed E-state index contributed by atoms with van der Waals surface area (Å²) in [5, 5.41) is 4.94. The molecule has 1 aromatic carbocycles. The minimum Gasteiger partial charge on any atom is -0.449 e. The molecule has 3 rings (SSSR count). The van der Waals surface area contributed by atoms with Crippen molar-refractivity contribution in [2.75, 3.05) is 5.32 Å². The average Bonchev–Trinajstić information content (AvgIpc) is 3.11. The van der Waals surface area contributed by atoms with Crippen LogP contribution in [0.25, 0.3) is 11.3 Å². The maximum atomic E-state index is 12.2. The monoisotopic (exact) mass is 387 g/mol. The van der Waals surface area contributed by atoms with Crippen molar-refractivity contribution in [2.24, 2.45) is 0 Å². The molecule has 0 radical (unpaired) electrons. The number of ether oxygens (including phenoxy) is 1. The number of anilines is 1. The van der Waals surface area contributed by atoms with Crippen LogP contribution in [-0.4, -0.2) is 27.9 Å². The first-order valence-corrected chi connectivity index (χ1v) is 8.93. The van der Waals surface area contributed by atoms with Crippen molar-refractivity contribution < 1.29 is 14.3 Å². The van der Waals surface area contributed by atoms with Crippen LogP contribution in [0.3, 0.4) is 0 Å². The zero-order valence-corrected chi connectivity index (χ0v) is 15.3. The molecule has 1 amide bonds. The van der Waals surface area contributed by atoms with E-state index in [1.165, 1.54) is 30.5 Å². The summed E-state index contributed by atoms with van der Waals surface area (Å²) in [4.78, 5) is 32.5. The van der Waals surface area contributed by atoms with Gasteiger partial charge >= 0.3 is 5.97 Å². The number of hydrogen-bond acceptors (Lipinski definition) is 6. The molecule has 8 heteroatoms. The Kier molecular flexibility index (Phi) is 5.60. The lowest BCUT2D eigenvalue weighted by atomic mass is 10.2. The third-order valence-electron chi connectivity index (χ3n) is 3.44. The molecule has 132 valence electrons. The molecule has 2 aromatic heterocycles. The van der Waals surface area contributed by atoms with Gasteiger partial charge in [0, 0.05) is 17.1 Å². The van der Waals surface area contributed by atoms with E-state index in [0.29, 0.717) is 5.13 Å². The molecule has 0 bridgehead atoms. The van der Waals surface area contributed by atoms with Gasteiger partial charge in [0.15, 0.2) is 11.2 Å². The topological polar surface area (TPSA) is 81.2 Å². The van der Waals surface area contributed by atoms with E-state index in [4.69, 9.17) is 16.3 Å². The van der Waals surface area contributed by atoms with Crippen molar-refractivity contribution in [1.29, 1.82) is 0 Å². The molecule has 6 nitrogen and oxygen atoms in total. The molecule has 1 atom stereocenters. The fraction of sp³-hybridized carbons (Fsp3) is 0.111. The summed E-state index contributed by atoms with van der Waals surface area (Å²) in [5.74, 6) is -1.19. The van der Waals surface area contributed by atoms with Gasteiger partial charge in [0.2, 0.25) is 0 Å². The number of halogens is 1. The quantitative estimate of drug-likeness (QED) is 0.527. The molecule has 3 aromatic rings. The van der Waals surface area contributed by atoms with Crippen LogP contribution in [0.15, 0.2) is 54.0 Å². The lowest BCUT2D eigenvalue weighted by Crippen LogP contribution is -2.30. The predicted molar refractivity (Wildman–Crippen MR) is 100 cm³/mol. The van der Waals surface area contributed by atoms with Gasteiger partial charge in [-0.3, -0.25) is 10.1 Å². The lowest BCUT2D eigenvalue weighted by Gasteiger charge is -2.12. The van der Waals surface area contributed by atoms with Gasteiger partial charge in [-0.15, -0.1) is 11.3 Å². The van der Waals surface area contributed by atoms with Crippen LogP contribution < -0.4 is 5.32 Å². The van der Waals surface area contributed by atoms with E-state index in [1.807, 2.05) is 35.7 Å². The number of nitrogens with zero attached hydrogens (tertiary/aromatic N) is 2. The number of hydrogen-bond donors (Lipinski definition) is 1. The Morgan fingerprint density at radius 3 is 2.69 bits per heavy atom. The Morgan fingerprint density at radius 1 is 1.19 bits per heavy atom. The first kappa shape index (κ1) is 18.0. The number of aromatic nitrogens is 2. The van der Waals surface area contributed by atoms with E-state index in [2.05, 4.69) is 15.3 Å². The second-order valence-corrected chi connectivity index (χ2v) is 6.50. The fourth-order valence-electron chi connectivity index (χ4n) is 2.10. The highest BCUT2D eigenvalue weighted by molar-refractivity contribution is 7.14. The third kappa shape index (κ3) is 4.25. The molecule has 2 heterocycles. The molecule has 0 fully saturated rings. The van der Waals surface area contributed by atoms with Gasteiger partial charge in [-0.05, 0) is 19.1 Å². The van der Waals surface area contributed by atoms with Gasteiger partial charge in [-0.1, -0.05) is 41.9 Å². The Labute approximate surface area is 158 Å². The molecular formula is C18H14ClN3O3S. The number of nitrogens with one attached hydrogen (secondary N) is 1. The first-order valence-electron chi connectivity index (χ1n) is 7.68. The largest absolute Gasteiger partial charge is 0.449 e. The number of amides is 1. The maximum absolute atomic E-state index is 12.2. The second kappa shape index (κ2) is 8.07. The van der Waals surface area contributed by atoms with Gasteiger partial charge in [0.25, 0.3) is 5.91 Å². The van der Waals surface area contributed by atoms with E-state index in [0.717, 1.165) is 11.3 Å². The van der Waals surface area contributed by atoms with Crippen molar-refractivity contribution in [3.05, 3.63) is 64.8 Å². The highest BCUT2D eigenvalue weighted by Crippen LogP contribution is 2.24. The standard InChI is InChI=1S/C18H14ClN3O3S/c1-11(25-17(24)13-8-5-9-20-15(13)19)16(23)22-18-21-14(10-26-18)12-6-3-2-4-7-12/h2-11H,1H3,(H,21,22,23)/t11-/m1/s1. The summed E-state index contributed by atoms with van der Waals surface area (Å²) in [7, 11) is 0. The first-order chi connectivity index (χ1) is 12.5. The Bertz CT molecular complexity index is 930. The van der Waals surface area contributed by atoms with Gasteiger partial charge in [-0.2, -0.15) is 0 Å². The Balaban J connectivity index is 1.62. The summed E-state index contributed by atoms with van der Waals surface area (Å²) in [6, 6.07) is 12.7.